The number of benzene rings is 2. The largest absolute Gasteiger partial charge is 0.471 e. The van der Waals surface area contributed by atoms with Gasteiger partial charge in [-0.2, -0.15) is 13.2 Å². The number of carbonyl (C=O) groups is 2. The first kappa shape index (κ1) is 23.7. The average Bonchev–Trinajstić information content (AvgIpc) is 2.66. The van der Waals surface area contributed by atoms with Crippen molar-refractivity contribution in [3.8, 4) is 0 Å². The molecular formula is C19H17ClF3NO5S. The Bertz CT molecular complexity index is 1050. The molecule has 0 bridgehead atoms. The van der Waals surface area contributed by atoms with Crippen LogP contribution >= 0.6 is 11.6 Å². The number of carbonyl (C=O) groups excluding carboxylic acids is 2. The van der Waals surface area contributed by atoms with Crippen LogP contribution in [0.4, 0.5) is 13.2 Å². The van der Waals surface area contributed by atoms with Gasteiger partial charge in [-0.05, 0) is 49.2 Å². The van der Waals surface area contributed by atoms with Crippen LogP contribution in [0.2, 0.25) is 5.02 Å². The normalized spacial score (nSPS) is 12.9. The molecule has 2 aromatic rings. The van der Waals surface area contributed by atoms with Crippen LogP contribution in [0.15, 0.2) is 52.3 Å². The Morgan fingerprint density at radius 3 is 2.27 bits per heavy atom. The van der Waals surface area contributed by atoms with E-state index in [1.807, 2.05) is 5.32 Å². The summed E-state index contributed by atoms with van der Waals surface area (Å²) >= 11 is 5.88. The number of hydrogen-bond acceptors (Lipinski definition) is 5. The van der Waals surface area contributed by atoms with Gasteiger partial charge in [-0.3, -0.25) is 4.79 Å². The standard InChI is InChI=1S/C19H17ClF3NO5S/c1-11(24-18(26)19(21,22)23)9-12-3-6-14(7-4-12)30(27,28)16-10-13(20)5-8-15(16)17(25)29-2/h3-8,10-11H,9H2,1-2H3,(H,24,26)/t11-/m1/s1. The highest BCUT2D eigenvalue weighted by molar-refractivity contribution is 7.91. The minimum absolute atomic E-state index is 0.0483. The van der Waals surface area contributed by atoms with Crippen molar-refractivity contribution in [3.05, 3.63) is 58.6 Å². The molecule has 0 spiro atoms. The van der Waals surface area contributed by atoms with E-state index in [1.165, 1.54) is 43.3 Å². The van der Waals surface area contributed by atoms with Gasteiger partial charge >= 0.3 is 18.1 Å². The lowest BCUT2D eigenvalue weighted by Crippen LogP contribution is -2.42. The topological polar surface area (TPSA) is 89.5 Å². The predicted octanol–water partition coefficient (Wildman–Crippen LogP) is 3.57. The van der Waals surface area contributed by atoms with Crippen LogP contribution in [0.1, 0.15) is 22.8 Å². The zero-order chi connectivity index (χ0) is 22.7. The molecule has 0 aliphatic carbocycles. The summed E-state index contributed by atoms with van der Waals surface area (Å²) in [4.78, 5) is 22.4. The molecule has 162 valence electrons. The van der Waals surface area contributed by atoms with Gasteiger partial charge in [0.2, 0.25) is 9.84 Å². The first-order valence-electron chi connectivity index (χ1n) is 8.46. The highest BCUT2D eigenvalue weighted by Gasteiger charge is 2.39. The maximum absolute atomic E-state index is 13.0. The number of amides is 1. The second-order valence-electron chi connectivity index (χ2n) is 6.36. The van der Waals surface area contributed by atoms with Crippen LogP contribution in [-0.4, -0.2) is 39.6 Å². The van der Waals surface area contributed by atoms with Crippen molar-refractivity contribution in [2.24, 2.45) is 0 Å². The number of alkyl halides is 3. The minimum atomic E-state index is -4.99. The third kappa shape index (κ3) is 5.51. The van der Waals surface area contributed by atoms with E-state index in [0.29, 0.717) is 5.56 Å². The number of hydrogen-bond donors (Lipinski definition) is 1. The molecule has 30 heavy (non-hydrogen) atoms. The lowest BCUT2D eigenvalue weighted by molar-refractivity contribution is -0.174. The van der Waals surface area contributed by atoms with Crippen molar-refractivity contribution in [2.75, 3.05) is 7.11 Å². The lowest BCUT2D eigenvalue weighted by atomic mass is 10.1. The number of esters is 1. The van der Waals surface area contributed by atoms with E-state index in [-0.39, 0.29) is 26.8 Å². The van der Waals surface area contributed by atoms with Gasteiger partial charge in [-0.25, -0.2) is 13.2 Å². The average molecular weight is 464 g/mol. The van der Waals surface area contributed by atoms with Gasteiger partial charge in [-0.1, -0.05) is 23.7 Å². The second kappa shape index (κ2) is 9.05. The molecule has 0 saturated heterocycles. The summed E-state index contributed by atoms with van der Waals surface area (Å²) in [6.07, 6.45) is -4.94. The van der Waals surface area contributed by atoms with Gasteiger partial charge in [0.25, 0.3) is 0 Å². The van der Waals surface area contributed by atoms with E-state index < -0.39 is 33.9 Å². The predicted molar refractivity (Wildman–Crippen MR) is 102 cm³/mol. The first-order chi connectivity index (χ1) is 13.9. The maximum Gasteiger partial charge on any atom is 0.471 e. The van der Waals surface area contributed by atoms with Gasteiger partial charge in [-0.15, -0.1) is 0 Å². The Labute approximate surface area is 175 Å². The van der Waals surface area contributed by atoms with Gasteiger partial charge in [0, 0.05) is 11.1 Å². The van der Waals surface area contributed by atoms with E-state index in [0.717, 1.165) is 13.2 Å². The summed E-state index contributed by atoms with van der Waals surface area (Å²) in [7, 11) is -3.02. The van der Waals surface area contributed by atoms with Gasteiger partial charge in [0.15, 0.2) is 0 Å². The lowest BCUT2D eigenvalue weighted by Gasteiger charge is -2.15. The molecule has 1 atom stereocenters. The van der Waals surface area contributed by atoms with E-state index >= 15 is 0 Å². The molecule has 0 aromatic heterocycles. The molecule has 0 unspecified atom stereocenters. The number of methoxy groups -OCH3 is 1. The van der Waals surface area contributed by atoms with Crippen LogP contribution in [0.5, 0.6) is 0 Å². The fourth-order valence-electron chi connectivity index (χ4n) is 2.64. The second-order valence-corrected chi connectivity index (χ2v) is 8.71. The van der Waals surface area contributed by atoms with Crippen molar-refractivity contribution in [1.82, 2.24) is 5.32 Å². The van der Waals surface area contributed by atoms with Crippen LogP contribution in [0.3, 0.4) is 0 Å². The smallest absolute Gasteiger partial charge is 0.465 e. The third-order valence-corrected chi connectivity index (χ3v) is 6.09. The molecule has 2 rings (SSSR count). The molecule has 0 heterocycles. The van der Waals surface area contributed by atoms with Gasteiger partial charge < -0.3 is 10.1 Å². The number of sulfone groups is 1. The zero-order valence-corrected chi connectivity index (χ0v) is 17.4. The maximum atomic E-state index is 13.0. The summed E-state index contributed by atoms with van der Waals surface area (Å²) in [5, 5.41) is 1.93. The molecule has 1 amide bonds. The minimum Gasteiger partial charge on any atom is -0.465 e. The molecule has 6 nitrogen and oxygen atoms in total. The van der Waals surface area contributed by atoms with E-state index in [2.05, 4.69) is 4.74 Å². The van der Waals surface area contributed by atoms with Crippen molar-refractivity contribution < 1.29 is 35.9 Å². The summed E-state index contributed by atoms with van der Waals surface area (Å²) < 4.78 is 67.5. The SMILES string of the molecule is COC(=O)c1ccc(Cl)cc1S(=O)(=O)c1ccc(C[C@@H](C)NC(=O)C(F)(F)F)cc1. The van der Waals surface area contributed by atoms with E-state index in [1.54, 1.807) is 0 Å². The molecule has 0 fully saturated rings. The molecule has 0 aliphatic heterocycles. The summed E-state index contributed by atoms with van der Waals surface area (Å²) in [6.45, 7) is 1.39. The van der Waals surface area contributed by atoms with Crippen LogP contribution in [0.25, 0.3) is 0 Å². The van der Waals surface area contributed by atoms with Crippen molar-refractivity contribution in [3.63, 3.8) is 0 Å². The Morgan fingerprint density at radius 1 is 1.13 bits per heavy atom. The molecular weight excluding hydrogens is 447 g/mol. The highest BCUT2D eigenvalue weighted by Crippen LogP contribution is 2.28. The molecule has 2 aromatic carbocycles. The monoisotopic (exact) mass is 463 g/mol. The quantitative estimate of drug-likeness (QED) is 0.661. The van der Waals surface area contributed by atoms with Gasteiger partial charge in [0.1, 0.15) is 0 Å². The number of rotatable bonds is 6. The number of nitrogens with one attached hydrogen (secondary N) is 1. The summed E-state index contributed by atoms with van der Waals surface area (Å²) in [6, 6.07) is 8.21. The number of halogens is 4. The first-order valence-corrected chi connectivity index (χ1v) is 10.3. The highest BCUT2D eigenvalue weighted by atomic mass is 35.5. The Morgan fingerprint density at radius 2 is 1.73 bits per heavy atom. The van der Waals surface area contributed by atoms with Crippen LogP contribution in [0, 0.1) is 0 Å². The molecule has 11 heteroatoms. The van der Waals surface area contributed by atoms with Crippen molar-refractivity contribution in [1.29, 1.82) is 0 Å². The summed E-state index contributed by atoms with van der Waals surface area (Å²) in [5.41, 5.74) is 0.317. The molecule has 0 aliphatic rings. The molecule has 0 radical (unpaired) electrons. The van der Waals surface area contributed by atoms with Crippen molar-refractivity contribution in [2.45, 2.75) is 35.4 Å². The fourth-order valence-corrected chi connectivity index (χ4v) is 4.35. The Balaban J connectivity index is 2.27. The fraction of sp³-hybridized carbons (Fsp3) is 0.263. The molecule has 1 N–H and O–H groups in total. The van der Waals surface area contributed by atoms with Crippen molar-refractivity contribution >= 4 is 33.3 Å². The third-order valence-electron chi connectivity index (χ3n) is 4.05. The Kier molecular flexibility index (Phi) is 7.14. The summed E-state index contributed by atoms with van der Waals surface area (Å²) in [5.74, 6) is -2.90. The van der Waals surface area contributed by atoms with Crippen LogP contribution in [-0.2, 0) is 25.8 Å². The van der Waals surface area contributed by atoms with Crippen LogP contribution < -0.4 is 5.32 Å². The van der Waals surface area contributed by atoms with Gasteiger partial charge in [0.05, 0.1) is 22.5 Å². The number of ether oxygens (including phenoxy) is 1. The zero-order valence-electron chi connectivity index (χ0n) is 15.8. The Hall–Kier alpha value is -2.59. The molecule has 0 saturated carbocycles. The van der Waals surface area contributed by atoms with E-state index in [4.69, 9.17) is 11.6 Å². The van der Waals surface area contributed by atoms with E-state index in [9.17, 15) is 31.2 Å².